The van der Waals surface area contributed by atoms with Gasteiger partial charge in [0.05, 0.1) is 0 Å². The predicted octanol–water partition coefficient (Wildman–Crippen LogP) is 9.40. The molecule has 0 atom stereocenters. The van der Waals surface area contributed by atoms with Crippen LogP contribution in [0.25, 0.3) is 5.57 Å². The van der Waals surface area contributed by atoms with E-state index in [1.54, 1.807) is 0 Å². The quantitative estimate of drug-likeness (QED) is 0.483. The summed E-state index contributed by atoms with van der Waals surface area (Å²) in [6.07, 6.45) is 18.6. The molecule has 0 saturated heterocycles. The summed E-state index contributed by atoms with van der Waals surface area (Å²) < 4.78 is 0. The van der Waals surface area contributed by atoms with Crippen molar-refractivity contribution in [3.8, 4) is 0 Å². The molecule has 1 aromatic rings. The first-order valence-electron chi connectivity index (χ1n) is 11.6. The average Bonchev–Trinajstić information content (AvgIpc) is 3.48. The van der Waals surface area contributed by atoms with Crippen LogP contribution in [0.2, 0.25) is 0 Å². The average molecular weight is 389 g/mol. The first-order valence-corrected chi connectivity index (χ1v) is 11.6. The molecule has 0 saturated carbocycles. The molecular weight excluding hydrogens is 348 g/mol. The second-order valence-electron chi connectivity index (χ2n) is 6.41. The van der Waals surface area contributed by atoms with Crippen LogP contribution in [0.15, 0.2) is 94.7 Å². The van der Waals surface area contributed by atoms with Crippen molar-refractivity contribution in [2.45, 2.75) is 74.1 Å². The number of hydrogen-bond donors (Lipinski definition) is 0. The lowest BCUT2D eigenvalue weighted by Crippen LogP contribution is -2.02. The normalized spacial score (nSPS) is 16.8. The van der Waals surface area contributed by atoms with Crippen molar-refractivity contribution >= 4 is 5.57 Å². The molecule has 0 unspecified atom stereocenters. The van der Waals surface area contributed by atoms with E-state index in [0.717, 1.165) is 25.7 Å². The molecule has 0 radical (unpaired) electrons. The Hall–Kier alpha value is -2.34. The Morgan fingerprint density at radius 2 is 1.24 bits per heavy atom. The predicted molar refractivity (Wildman–Crippen MR) is 133 cm³/mol. The van der Waals surface area contributed by atoms with E-state index in [0.29, 0.717) is 0 Å². The fourth-order valence-corrected chi connectivity index (χ4v) is 3.84. The number of rotatable bonds is 3. The van der Waals surface area contributed by atoms with Crippen molar-refractivity contribution in [1.29, 1.82) is 0 Å². The summed E-state index contributed by atoms with van der Waals surface area (Å²) in [5, 5.41) is 0. The maximum atomic E-state index is 2.39. The highest BCUT2D eigenvalue weighted by Gasteiger charge is 2.22. The summed E-state index contributed by atoms with van der Waals surface area (Å²) in [4.78, 5) is 0. The smallest absolute Gasteiger partial charge is 0.0142 e. The largest absolute Gasteiger partial charge is 0.0836 e. The number of benzene rings is 1. The van der Waals surface area contributed by atoms with Crippen LogP contribution < -0.4 is 0 Å². The van der Waals surface area contributed by atoms with Gasteiger partial charge in [0.1, 0.15) is 0 Å². The molecular formula is C29H40. The van der Waals surface area contributed by atoms with Gasteiger partial charge in [-0.3, -0.25) is 0 Å². The monoisotopic (exact) mass is 388 g/mol. The standard InChI is InChI=1S/C23H22.3C2H6/c1-17-9-7-14-19(17)21-12-5-6-13-23(21)22-16-8-15-20(22)18-10-3-2-4-11-18;3*1-2/h2-4,6,9-11,13-16H,5,7-8,12H2,1H3;3*1-2H3. The summed E-state index contributed by atoms with van der Waals surface area (Å²) in [7, 11) is 0. The summed E-state index contributed by atoms with van der Waals surface area (Å²) in [5.41, 5.74) is 10.0. The molecule has 0 amide bonds. The van der Waals surface area contributed by atoms with Gasteiger partial charge >= 0.3 is 0 Å². The zero-order chi connectivity index (χ0) is 21.6. The van der Waals surface area contributed by atoms with Crippen LogP contribution in [0.1, 0.15) is 79.7 Å². The van der Waals surface area contributed by atoms with Crippen molar-refractivity contribution in [3.05, 3.63) is 100 Å². The first-order chi connectivity index (χ1) is 14.3. The summed E-state index contributed by atoms with van der Waals surface area (Å²) in [6, 6.07) is 10.8. The maximum Gasteiger partial charge on any atom is -0.0142 e. The van der Waals surface area contributed by atoms with Crippen LogP contribution in [0.4, 0.5) is 0 Å². The van der Waals surface area contributed by atoms with Crippen molar-refractivity contribution in [3.63, 3.8) is 0 Å². The van der Waals surface area contributed by atoms with Gasteiger partial charge < -0.3 is 0 Å². The topological polar surface area (TPSA) is 0 Å². The van der Waals surface area contributed by atoms with E-state index in [2.05, 4.69) is 73.7 Å². The Morgan fingerprint density at radius 1 is 0.655 bits per heavy atom. The molecule has 3 aliphatic rings. The zero-order valence-electron chi connectivity index (χ0n) is 19.7. The summed E-state index contributed by atoms with van der Waals surface area (Å²) >= 11 is 0. The zero-order valence-corrected chi connectivity index (χ0v) is 19.7. The Bertz CT molecular complexity index is 805. The van der Waals surface area contributed by atoms with Gasteiger partial charge in [-0.2, -0.15) is 0 Å². The third-order valence-electron chi connectivity index (χ3n) is 4.98. The van der Waals surface area contributed by atoms with Gasteiger partial charge in [-0.05, 0) is 71.6 Å². The van der Waals surface area contributed by atoms with Crippen molar-refractivity contribution < 1.29 is 0 Å². The molecule has 1 aromatic carbocycles. The van der Waals surface area contributed by atoms with Gasteiger partial charge in [0, 0.05) is 0 Å². The molecule has 0 heterocycles. The Balaban J connectivity index is 0.000000644. The highest BCUT2D eigenvalue weighted by Crippen LogP contribution is 2.41. The van der Waals surface area contributed by atoms with Gasteiger partial charge in [-0.1, -0.05) is 108 Å². The van der Waals surface area contributed by atoms with E-state index in [1.165, 1.54) is 39.0 Å². The van der Waals surface area contributed by atoms with Gasteiger partial charge in [0.25, 0.3) is 0 Å². The second kappa shape index (κ2) is 13.8. The Morgan fingerprint density at radius 3 is 1.86 bits per heavy atom. The fourth-order valence-electron chi connectivity index (χ4n) is 3.84. The second-order valence-corrected chi connectivity index (χ2v) is 6.41. The highest BCUT2D eigenvalue weighted by molar-refractivity contribution is 5.88. The van der Waals surface area contributed by atoms with Gasteiger partial charge in [0.15, 0.2) is 0 Å². The summed E-state index contributed by atoms with van der Waals surface area (Å²) in [5.74, 6) is 0. The van der Waals surface area contributed by atoms with E-state index in [-0.39, 0.29) is 0 Å². The van der Waals surface area contributed by atoms with E-state index < -0.39 is 0 Å². The van der Waals surface area contributed by atoms with Crippen LogP contribution in [-0.2, 0) is 0 Å². The lowest BCUT2D eigenvalue weighted by Gasteiger charge is -2.21. The Labute approximate surface area is 180 Å². The van der Waals surface area contributed by atoms with Crippen molar-refractivity contribution in [2.75, 3.05) is 0 Å². The van der Waals surface area contributed by atoms with Crippen LogP contribution in [-0.4, -0.2) is 0 Å². The van der Waals surface area contributed by atoms with Crippen molar-refractivity contribution in [2.24, 2.45) is 0 Å². The fraction of sp³-hybridized carbons (Fsp3) is 0.379. The lowest BCUT2D eigenvalue weighted by atomic mass is 9.83. The minimum atomic E-state index is 1.04. The van der Waals surface area contributed by atoms with Crippen LogP contribution in [0.5, 0.6) is 0 Å². The molecule has 0 nitrogen and oxygen atoms in total. The van der Waals surface area contributed by atoms with Crippen LogP contribution >= 0.6 is 0 Å². The summed E-state index contributed by atoms with van der Waals surface area (Å²) in [6.45, 7) is 14.2. The van der Waals surface area contributed by atoms with E-state index in [9.17, 15) is 0 Å². The van der Waals surface area contributed by atoms with Crippen LogP contribution in [0, 0.1) is 0 Å². The highest BCUT2D eigenvalue weighted by atomic mass is 14.3. The molecule has 3 aliphatic carbocycles. The molecule has 0 N–H and O–H groups in total. The van der Waals surface area contributed by atoms with E-state index in [4.69, 9.17) is 0 Å². The van der Waals surface area contributed by atoms with Gasteiger partial charge in [-0.15, -0.1) is 0 Å². The first kappa shape index (κ1) is 24.7. The minimum absolute atomic E-state index is 1.04. The molecule has 0 spiro atoms. The molecule has 0 heteroatoms. The van der Waals surface area contributed by atoms with Crippen molar-refractivity contribution in [1.82, 2.24) is 0 Å². The molecule has 0 fully saturated rings. The van der Waals surface area contributed by atoms with Gasteiger partial charge in [0.2, 0.25) is 0 Å². The third-order valence-corrected chi connectivity index (χ3v) is 4.98. The molecule has 0 aromatic heterocycles. The van der Waals surface area contributed by atoms with E-state index >= 15 is 0 Å². The van der Waals surface area contributed by atoms with Gasteiger partial charge in [-0.25, -0.2) is 0 Å². The number of hydrogen-bond acceptors (Lipinski definition) is 0. The third kappa shape index (κ3) is 6.07. The van der Waals surface area contributed by atoms with Crippen LogP contribution in [0.3, 0.4) is 0 Å². The molecule has 156 valence electrons. The molecule has 4 rings (SSSR count). The molecule has 29 heavy (non-hydrogen) atoms. The molecule has 0 aliphatic heterocycles. The Kier molecular flexibility index (Phi) is 11.7. The molecule has 0 bridgehead atoms. The minimum Gasteiger partial charge on any atom is -0.0836 e. The lowest BCUT2D eigenvalue weighted by molar-refractivity contribution is 0.956. The SMILES string of the molecule is CC.CC.CC.CC1=CCC=C1C1=C(C2=CCC=C2c2ccccc2)C=CCC1. The number of allylic oxidation sites excluding steroid dienone is 12. The maximum absolute atomic E-state index is 2.39. The van der Waals surface area contributed by atoms with E-state index in [1.807, 2.05) is 41.5 Å².